The number of nitrogens with zero attached hydrogens (tertiary/aromatic N) is 1. The normalized spacial score (nSPS) is 26.9. The van der Waals surface area contributed by atoms with Gasteiger partial charge in [0.2, 0.25) is 0 Å². The molecular weight excluding hydrogens is 314 g/mol. The van der Waals surface area contributed by atoms with E-state index in [-0.39, 0.29) is 0 Å². The van der Waals surface area contributed by atoms with Crippen LogP contribution < -0.4 is 0 Å². The summed E-state index contributed by atoms with van der Waals surface area (Å²) in [6.07, 6.45) is 10.2. The topological polar surface area (TPSA) is 12.5 Å². The van der Waals surface area contributed by atoms with Gasteiger partial charge in [0.15, 0.2) is 0 Å². The molecule has 1 unspecified atom stereocenters. The summed E-state index contributed by atoms with van der Waals surface area (Å²) >= 11 is 3.48. The lowest BCUT2D eigenvalue weighted by molar-refractivity contribution is -0.0504. The molecule has 0 radical (unpaired) electrons. The van der Waals surface area contributed by atoms with Crippen LogP contribution in [0.15, 0.2) is 53.0 Å². The predicted octanol–water partition coefficient (Wildman–Crippen LogP) is 3.78. The molecule has 1 aromatic rings. The minimum Gasteiger partial charge on any atom is -0.375 e. The highest BCUT2D eigenvalue weighted by Gasteiger charge is 2.26. The number of ether oxygens (including phenoxy) is 1. The fourth-order valence-electron chi connectivity index (χ4n) is 2.86. The lowest BCUT2D eigenvalue weighted by Gasteiger charge is -2.36. The van der Waals surface area contributed by atoms with Gasteiger partial charge in [0, 0.05) is 30.0 Å². The number of benzene rings is 1. The van der Waals surface area contributed by atoms with Crippen molar-refractivity contribution in [3.63, 3.8) is 0 Å². The fourth-order valence-corrected chi connectivity index (χ4v) is 3.12. The highest BCUT2D eigenvalue weighted by molar-refractivity contribution is 9.10. The first-order valence-corrected chi connectivity index (χ1v) is 8.02. The van der Waals surface area contributed by atoms with Gasteiger partial charge in [-0.2, -0.15) is 0 Å². The maximum atomic E-state index is 5.97. The minimum atomic E-state index is 0.334. The van der Waals surface area contributed by atoms with E-state index in [1.165, 1.54) is 5.56 Å². The molecule has 3 heteroatoms. The molecule has 2 aliphatic rings. The summed E-state index contributed by atoms with van der Waals surface area (Å²) in [7, 11) is 0. The molecule has 0 spiro atoms. The second-order valence-electron chi connectivity index (χ2n) is 5.48. The van der Waals surface area contributed by atoms with Crippen LogP contribution in [0, 0.1) is 5.92 Å². The van der Waals surface area contributed by atoms with Crippen LogP contribution in [0.5, 0.6) is 0 Å². The zero-order valence-electron chi connectivity index (χ0n) is 11.5. The van der Waals surface area contributed by atoms with E-state index in [1.807, 2.05) is 0 Å². The minimum absolute atomic E-state index is 0.334. The van der Waals surface area contributed by atoms with Crippen molar-refractivity contribution in [1.82, 2.24) is 4.90 Å². The summed E-state index contributed by atoms with van der Waals surface area (Å²) in [5.41, 5.74) is 1.37. The van der Waals surface area contributed by atoms with E-state index in [0.29, 0.717) is 12.0 Å². The molecule has 20 heavy (non-hydrogen) atoms. The molecule has 1 fully saturated rings. The third-order valence-electron chi connectivity index (χ3n) is 3.99. The number of hydrogen-bond donors (Lipinski definition) is 0. The van der Waals surface area contributed by atoms with Gasteiger partial charge in [-0.3, -0.25) is 4.90 Å². The Bertz CT molecular complexity index is 494. The maximum absolute atomic E-state index is 5.97. The van der Waals surface area contributed by atoms with Crippen molar-refractivity contribution in [2.45, 2.75) is 19.1 Å². The van der Waals surface area contributed by atoms with Crippen molar-refractivity contribution in [2.75, 3.05) is 19.7 Å². The summed E-state index contributed by atoms with van der Waals surface area (Å²) in [5.74, 6) is 0.535. The van der Waals surface area contributed by atoms with Crippen molar-refractivity contribution >= 4 is 15.9 Å². The van der Waals surface area contributed by atoms with Crippen LogP contribution in [0.4, 0.5) is 0 Å². The second kappa shape index (κ2) is 6.70. The summed E-state index contributed by atoms with van der Waals surface area (Å²) in [5, 5.41) is 0. The molecule has 3 rings (SSSR count). The van der Waals surface area contributed by atoms with Gasteiger partial charge in [0.05, 0.1) is 12.7 Å². The zero-order valence-corrected chi connectivity index (χ0v) is 13.1. The van der Waals surface area contributed by atoms with E-state index < -0.39 is 0 Å². The lowest BCUT2D eigenvalue weighted by Crippen LogP contribution is -2.45. The first-order valence-electron chi connectivity index (χ1n) is 7.23. The predicted molar refractivity (Wildman–Crippen MR) is 85.5 cm³/mol. The zero-order chi connectivity index (χ0) is 13.8. The Morgan fingerprint density at radius 1 is 1.20 bits per heavy atom. The van der Waals surface area contributed by atoms with Gasteiger partial charge in [-0.15, -0.1) is 0 Å². The van der Waals surface area contributed by atoms with Crippen LogP contribution in [0.2, 0.25) is 0 Å². The monoisotopic (exact) mass is 333 g/mol. The Morgan fingerprint density at radius 3 is 2.80 bits per heavy atom. The average molecular weight is 334 g/mol. The highest BCUT2D eigenvalue weighted by Crippen LogP contribution is 2.23. The van der Waals surface area contributed by atoms with Gasteiger partial charge in [-0.05, 0) is 24.1 Å². The first kappa shape index (κ1) is 14.1. The third-order valence-corrected chi connectivity index (χ3v) is 4.52. The second-order valence-corrected chi connectivity index (χ2v) is 6.40. The van der Waals surface area contributed by atoms with Gasteiger partial charge in [0.25, 0.3) is 0 Å². The average Bonchev–Trinajstić information content (AvgIpc) is 2.51. The van der Waals surface area contributed by atoms with Gasteiger partial charge in [0.1, 0.15) is 0 Å². The highest BCUT2D eigenvalue weighted by atomic mass is 79.9. The van der Waals surface area contributed by atoms with E-state index in [1.54, 1.807) is 0 Å². The van der Waals surface area contributed by atoms with E-state index >= 15 is 0 Å². The van der Waals surface area contributed by atoms with E-state index in [4.69, 9.17) is 4.74 Å². The molecule has 2 nitrogen and oxygen atoms in total. The molecule has 1 aliphatic heterocycles. The van der Waals surface area contributed by atoms with Crippen molar-refractivity contribution in [3.05, 3.63) is 58.6 Å². The largest absolute Gasteiger partial charge is 0.375 e. The summed E-state index contributed by atoms with van der Waals surface area (Å²) in [4.78, 5) is 2.50. The molecule has 0 N–H and O–H groups in total. The molecule has 1 aliphatic carbocycles. The first-order chi connectivity index (χ1) is 9.81. The molecule has 0 saturated carbocycles. The Morgan fingerprint density at radius 2 is 2.05 bits per heavy atom. The van der Waals surface area contributed by atoms with Crippen molar-refractivity contribution in [2.24, 2.45) is 5.92 Å². The van der Waals surface area contributed by atoms with Crippen LogP contribution in [-0.2, 0) is 11.3 Å². The number of halogens is 1. The van der Waals surface area contributed by atoms with Crippen LogP contribution in [-0.4, -0.2) is 30.7 Å². The fraction of sp³-hybridized carbons (Fsp3) is 0.412. The van der Waals surface area contributed by atoms with E-state index in [9.17, 15) is 0 Å². The smallest absolute Gasteiger partial charge is 0.0768 e. The Hall–Kier alpha value is -0.900. The lowest BCUT2D eigenvalue weighted by atomic mass is 9.93. The van der Waals surface area contributed by atoms with E-state index in [2.05, 4.69) is 69.4 Å². The van der Waals surface area contributed by atoms with Gasteiger partial charge in [-0.1, -0.05) is 52.4 Å². The molecular formula is C17H20BrNO. The summed E-state index contributed by atoms with van der Waals surface area (Å²) in [6.45, 7) is 3.91. The quantitative estimate of drug-likeness (QED) is 0.834. The maximum Gasteiger partial charge on any atom is 0.0768 e. The SMILES string of the molecule is Brc1ccc(CN2CCO[C@@H](C3C=CC=CC3)C2)cc1. The Balaban J connectivity index is 1.59. The molecule has 0 bridgehead atoms. The number of morpholine rings is 1. The van der Waals surface area contributed by atoms with Crippen molar-refractivity contribution in [1.29, 1.82) is 0 Å². The Kier molecular flexibility index (Phi) is 4.71. The van der Waals surface area contributed by atoms with Crippen LogP contribution in [0.1, 0.15) is 12.0 Å². The summed E-state index contributed by atoms with van der Waals surface area (Å²) < 4.78 is 7.11. The molecule has 1 heterocycles. The van der Waals surface area contributed by atoms with Gasteiger partial charge >= 0.3 is 0 Å². The van der Waals surface area contributed by atoms with Crippen molar-refractivity contribution in [3.8, 4) is 0 Å². The van der Waals surface area contributed by atoms with Gasteiger partial charge in [-0.25, -0.2) is 0 Å². The molecule has 1 aromatic carbocycles. The van der Waals surface area contributed by atoms with Crippen LogP contribution >= 0.6 is 15.9 Å². The van der Waals surface area contributed by atoms with Crippen LogP contribution in [0.3, 0.4) is 0 Å². The number of hydrogen-bond acceptors (Lipinski definition) is 2. The van der Waals surface area contributed by atoms with Crippen molar-refractivity contribution < 1.29 is 4.74 Å². The number of allylic oxidation sites excluding steroid dienone is 3. The third kappa shape index (κ3) is 3.60. The molecule has 0 amide bonds. The Labute approximate surface area is 129 Å². The molecule has 0 aromatic heterocycles. The van der Waals surface area contributed by atoms with Gasteiger partial charge < -0.3 is 4.74 Å². The molecule has 2 atom stereocenters. The molecule has 106 valence electrons. The summed E-state index contributed by atoms with van der Waals surface area (Å²) in [6, 6.07) is 8.61. The molecule has 1 saturated heterocycles. The number of rotatable bonds is 3. The standard InChI is InChI=1S/C17H20BrNO/c18-16-8-6-14(7-9-16)12-19-10-11-20-17(13-19)15-4-2-1-3-5-15/h1-4,6-9,15,17H,5,10-13H2/t15?,17-/m1/s1. The van der Waals surface area contributed by atoms with E-state index in [0.717, 1.165) is 37.1 Å². The van der Waals surface area contributed by atoms with Crippen LogP contribution in [0.25, 0.3) is 0 Å².